The smallest absolute Gasteiger partial charge is 0.244 e. The number of hydrogen-bond acceptors (Lipinski definition) is 6. The largest absolute Gasteiger partial charge is 0.493 e. The molecule has 0 bridgehead atoms. The lowest BCUT2D eigenvalue weighted by atomic mass is 10.0. The van der Waals surface area contributed by atoms with Gasteiger partial charge in [0.25, 0.3) is 0 Å². The van der Waals surface area contributed by atoms with E-state index in [-0.39, 0.29) is 11.9 Å². The molecule has 1 saturated heterocycles. The van der Waals surface area contributed by atoms with Crippen molar-refractivity contribution in [1.29, 1.82) is 0 Å². The summed E-state index contributed by atoms with van der Waals surface area (Å²) in [5.74, 6) is 1.33. The summed E-state index contributed by atoms with van der Waals surface area (Å²) in [4.78, 5) is 15.9. The van der Waals surface area contributed by atoms with Crippen molar-refractivity contribution in [1.82, 2.24) is 10.2 Å². The highest BCUT2D eigenvalue weighted by molar-refractivity contribution is 7.11. The van der Waals surface area contributed by atoms with Crippen molar-refractivity contribution in [2.45, 2.75) is 19.9 Å². The molecule has 6 nitrogen and oxygen atoms in total. The molecule has 0 aliphatic carbocycles. The quantitative estimate of drug-likeness (QED) is 0.615. The Morgan fingerprint density at radius 3 is 2.77 bits per heavy atom. The summed E-state index contributed by atoms with van der Waals surface area (Å²) in [6.07, 6.45) is 3.48. The number of aryl methyl sites for hydroxylation is 1. The van der Waals surface area contributed by atoms with Gasteiger partial charge in [0.1, 0.15) is 0 Å². The Balaban J connectivity index is 1.73. The van der Waals surface area contributed by atoms with Gasteiger partial charge >= 0.3 is 0 Å². The normalized spacial score (nSPS) is 15.8. The zero-order valence-corrected chi connectivity index (χ0v) is 18.7. The van der Waals surface area contributed by atoms with Crippen LogP contribution >= 0.6 is 11.3 Å². The van der Waals surface area contributed by atoms with Gasteiger partial charge in [0.15, 0.2) is 11.5 Å². The number of benzene rings is 1. The maximum atomic E-state index is 12.4. The Kier molecular flexibility index (Phi) is 8.30. The molecule has 1 aliphatic heterocycles. The van der Waals surface area contributed by atoms with Crippen molar-refractivity contribution < 1.29 is 19.0 Å². The summed E-state index contributed by atoms with van der Waals surface area (Å²) in [7, 11) is 1.64. The van der Waals surface area contributed by atoms with E-state index < -0.39 is 0 Å². The maximum Gasteiger partial charge on any atom is 0.244 e. The number of thiophene rings is 1. The summed E-state index contributed by atoms with van der Waals surface area (Å²) in [6, 6.07) is 8.06. The molecule has 3 rings (SSSR count). The third kappa shape index (κ3) is 5.84. The molecule has 1 aromatic heterocycles. The van der Waals surface area contributed by atoms with E-state index >= 15 is 0 Å². The average molecular weight is 431 g/mol. The lowest BCUT2D eigenvalue weighted by Crippen LogP contribution is -2.43. The molecule has 162 valence electrons. The second-order valence-electron chi connectivity index (χ2n) is 7.05. The predicted molar refractivity (Wildman–Crippen MR) is 120 cm³/mol. The minimum absolute atomic E-state index is 0.0271. The number of methoxy groups -OCH3 is 1. The summed E-state index contributed by atoms with van der Waals surface area (Å²) >= 11 is 1.63. The summed E-state index contributed by atoms with van der Waals surface area (Å²) in [5.41, 5.74) is 2.26. The van der Waals surface area contributed by atoms with Crippen LogP contribution in [0.5, 0.6) is 11.5 Å². The highest BCUT2D eigenvalue weighted by Gasteiger charge is 2.24. The van der Waals surface area contributed by atoms with E-state index in [4.69, 9.17) is 14.2 Å². The average Bonchev–Trinajstić information content (AvgIpc) is 3.19. The van der Waals surface area contributed by atoms with Crippen LogP contribution in [0.4, 0.5) is 0 Å². The van der Waals surface area contributed by atoms with Gasteiger partial charge in [0.2, 0.25) is 5.91 Å². The molecule has 2 heterocycles. The highest BCUT2D eigenvalue weighted by Crippen LogP contribution is 2.32. The van der Waals surface area contributed by atoms with Gasteiger partial charge in [-0.05, 0) is 54.6 Å². The van der Waals surface area contributed by atoms with Gasteiger partial charge in [-0.15, -0.1) is 11.3 Å². The number of carbonyl (C=O) groups excluding carboxylic acids is 1. The molecule has 1 atom stereocenters. The van der Waals surface area contributed by atoms with Crippen LogP contribution in [0.25, 0.3) is 6.08 Å². The Morgan fingerprint density at radius 2 is 2.10 bits per heavy atom. The van der Waals surface area contributed by atoms with Gasteiger partial charge in [0, 0.05) is 30.6 Å². The topological polar surface area (TPSA) is 60.0 Å². The Bertz CT molecular complexity index is 859. The number of hydrogen-bond donors (Lipinski definition) is 1. The van der Waals surface area contributed by atoms with Gasteiger partial charge in [-0.25, -0.2) is 0 Å². The fourth-order valence-corrected chi connectivity index (χ4v) is 4.30. The zero-order chi connectivity index (χ0) is 21.3. The monoisotopic (exact) mass is 430 g/mol. The molecule has 2 aromatic rings. The standard InChI is InChI=1S/C23H30N2O4S/c1-4-29-20-6-5-18(15-21(20)27-3)19(25-10-12-28-13-11-25)16-24-23(26)8-7-22-17(2)9-14-30-22/h5-9,14-15,19H,4,10-13,16H2,1-3H3,(H,24,26)/b8-7+. The first-order chi connectivity index (χ1) is 14.6. The molecular formula is C23H30N2O4S. The van der Waals surface area contributed by atoms with Crippen molar-refractivity contribution in [3.63, 3.8) is 0 Å². The molecule has 1 aliphatic rings. The van der Waals surface area contributed by atoms with E-state index in [1.807, 2.05) is 43.5 Å². The molecule has 1 fully saturated rings. The van der Waals surface area contributed by atoms with E-state index in [2.05, 4.69) is 16.3 Å². The number of morpholine rings is 1. The van der Waals surface area contributed by atoms with E-state index in [0.717, 1.165) is 29.3 Å². The van der Waals surface area contributed by atoms with Crippen LogP contribution in [0.2, 0.25) is 0 Å². The second kappa shape index (κ2) is 11.2. The van der Waals surface area contributed by atoms with Crippen molar-refractivity contribution in [2.24, 2.45) is 0 Å². The van der Waals surface area contributed by atoms with Crippen molar-refractivity contribution in [3.05, 3.63) is 51.7 Å². The van der Waals surface area contributed by atoms with Crippen LogP contribution in [0.15, 0.2) is 35.7 Å². The minimum Gasteiger partial charge on any atom is -0.493 e. The van der Waals surface area contributed by atoms with Crippen LogP contribution in [-0.2, 0) is 9.53 Å². The number of amides is 1. The van der Waals surface area contributed by atoms with Crippen molar-refractivity contribution >= 4 is 23.3 Å². The molecule has 7 heteroatoms. The number of nitrogens with zero attached hydrogens (tertiary/aromatic N) is 1. The first-order valence-electron chi connectivity index (χ1n) is 10.2. The minimum atomic E-state index is -0.0982. The zero-order valence-electron chi connectivity index (χ0n) is 17.8. The van der Waals surface area contributed by atoms with Crippen LogP contribution in [-0.4, -0.2) is 57.4 Å². The maximum absolute atomic E-state index is 12.4. The van der Waals surface area contributed by atoms with Gasteiger partial charge < -0.3 is 19.5 Å². The first kappa shape index (κ1) is 22.3. The summed E-state index contributed by atoms with van der Waals surface area (Å²) in [6.45, 7) is 8.10. The third-order valence-electron chi connectivity index (χ3n) is 5.12. The first-order valence-corrected chi connectivity index (χ1v) is 11.1. The van der Waals surface area contributed by atoms with E-state index in [1.54, 1.807) is 24.5 Å². The van der Waals surface area contributed by atoms with Gasteiger partial charge in [-0.2, -0.15) is 0 Å². The highest BCUT2D eigenvalue weighted by atomic mass is 32.1. The predicted octanol–water partition coefficient (Wildman–Crippen LogP) is 3.67. The fraction of sp³-hybridized carbons (Fsp3) is 0.435. The van der Waals surface area contributed by atoms with Gasteiger partial charge in [-0.1, -0.05) is 6.07 Å². The molecular weight excluding hydrogens is 400 g/mol. The molecule has 0 spiro atoms. The molecule has 1 aromatic carbocycles. The van der Waals surface area contributed by atoms with Crippen LogP contribution in [0.3, 0.4) is 0 Å². The number of carbonyl (C=O) groups is 1. The third-order valence-corrected chi connectivity index (χ3v) is 6.10. The number of ether oxygens (including phenoxy) is 3. The van der Waals surface area contributed by atoms with Gasteiger partial charge in [0.05, 0.1) is 33.0 Å². The molecule has 30 heavy (non-hydrogen) atoms. The van der Waals surface area contributed by atoms with Crippen LogP contribution < -0.4 is 14.8 Å². The lowest BCUT2D eigenvalue weighted by molar-refractivity contribution is -0.116. The summed E-state index contributed by atoms with van der Waals surface area (Å²) < 4.78 is 16.7. The second-order valence-corrected chi connectivity index (χ2v) is 8.00. The number of rotatable bonds is 9. The Labute approximate surface area is 182 Å². The summed E-state index contributed by atoms with van der Waals surface area (Å²) in [5, 5.41) is 5.09. The lowest BCUT2D eigenvalue weighted by Gasteiger charge is -2.35. The van der Waals surface area contributed by atoms with Gasteiger partial charge in [-0.3, -0.25) is 9.69 Å². The molecule has 0 radical (unpaired) electrons. The van der Waals surface area contributed by atoms with Crippen LogP contribution in [0, 0.1) is 6.92 Å². The van der Waals surface area contributed by atoms with Crippen molar-refractivity contribution in [3.8, 4) is 11.5 Å². The molecule has 1 N–H and O–H groups in total. The fourth-order valence-electron chi connectivity index (χ4n) is 3.48. The molecule has 1 unspecified atom stereocenters. The Morgan fingerprint density at radius 1 is 1.30 bits per heavy atom. The molecule has 0 saturated carbocycles. The van der Waals surface area contributed by atoms with E-state index in [0.29, 0.717) is 32.1 Å². The van der Waals surface area contributed by atoms with E-state index in [9.17, 15) is 4.79 Å². The Hall–Kier alpha value is -2.35. The van der Waals surface area contributed by atoms with Crippen molar-refractivity contribution in [2.75, 3.05) is 46.6 Å². The van der Waals surface area contributed by atoms with E-state index in [1.165, 1.54) is 5.56 Å². The van der Waals surface area contributed by atoms with Crippen LogP contribution in [0.1, 0.15) is 29.0 Å². The molecule has 1 amide bonds. The SMILES string of the molecule is CCOc1ccc(C(CNC(=O)/C=C/c2sccc2C)N2CCOCC2)cc1OC. The number of nitrogens with one attached hydrogen (secondary N) is 1.